The van der Waals surface area contributed by atoms with Gasteiger partial charge in [-0.1, -0.05) is 12.1 Å². The molecule has 19 heavy (non-hydrogen) atoms. The molecule has 94 valence electrons. The molecule has 4 N–H and O–H groups in total. The standard InChI is InChI=1S/C14H11N3OS/c15-10-4-5-12-11(7-10)17-14(19-12)9-3-1-2-8(6-9)13(16)18/h1-7H,15H2,(H2,16,18). The minimum absolute atomic E-state index is 0.438. The van der Waals surface area contributed by atoms with Crippen LogP contribution in [0.25, 0.3) is 20.8 Å². The Morgan fingerprint density at radius 3 is 2.79 bits per heavy atom. The number of amides is 1. The summed E-state index contributed by atoms with van der Waals surface area (Å²) in [4.78, 5) is 15.7. The normalized spacial score (nSPS) is 10.7. The van der Waals surface area contributed by atoms with Crippen molar-refractivity contribution < 1.29 is 4.79 Å². The Bertz CT molecular complexity index is 779. The van der Waals surface area contributed by atoms with E-state index in [1.165, 1.54) is 0 Å². The molecule has 2 aromatic carbocycles. The fourth-order valence-corrected chi connectivity index (χ4v) is 2.82. The molecule has 0 saturated heterocycles. The molecule has 0 atom stereocenters. The second-order valence-corrected chi connectivity index (χ2v) is 5.22. The van der Waals surface area contributed by atoms with Crippen LogP contribution in [0.5, 0.6) is 0 Å². The highest BCUT2D eigenvalue weighted by Crippen LogP contribution is 2.31. The highest BCUT2D eigenvalue weighted by molar-refractivity contribution is 7.21. The van der Waals surface area contributed by atoms with Gasteiger partial charge < -0.3 is 11.5 Å². The molecule has 0 aliphatic heterocycles. The van der Waals surface area contributed by atoms with E-state index in [2.05, 4.69) is 4.98 Å². The van der Waals surface area contributed by atoms with E-state index in [0.717, 1.165) is 20.8 Å². The predicted octanol–water partition coefficient (Wildman–Crippen LogP) is 2.64. The van der Waals surface area contributed by atoms with Crippen molar-refractivity contribution in [2.75, 3.05) is 5.73 Å². The molecule has 0 fully saturated rings. The molecular weight excluding hydrogens is 258 g/mol. The monoisotopic (exact) mass is 269 g/mol. The molecule has 0 aliphatic rings. The van der Waals surface area contributed by atoms with E-state index in [0.29, 0.717) is 11.3 Å². The Morgan fingerprint density at radius 2 is 2.00 bits per heavy atom. The molecular formula is C14H11N3OS. The van der Waals surface area contributed by atoms with Crippen LogP contribution in [-0.2, 0) is 0 Å². The maximum Gasteiger partial charge on any atom is 0.248 e. The van der Waals surface area contributed by atoms with E-state index in [-0.39, 0.29) is 0 Å². The van der Waals surface area contributed by atoms with E-state index < -0.39 is 5.91 Å². The minimum atomic E-state index is -0.438. The number of nitrogens with two attached hydrogens (primary N) is 2. The van der Waals surface area contributed by atoms with E-state index in [1.54, 1.807) is 29.5 Å². The van der Waals surface area contributed by atoms with Crippen molar-refractivity contribution in [1.29, 1.82) is 0 Å². The van der Waals surface area contributed by atoms with Gasteiger partial charge >= 0.3 is 0 Å². The Labute approximate surface area is 113 Å². The molecule has 0 spiro atoms. The summed E-state index contributed by atoms with van der Waals surface area (Å²) in [6.07, 6.45) is 0. The molecule has 1 heterocycles. The molecule has 0 radical (unpaired) electrons. The molecule has 0 saturated carbocycles. The summed E-state index contributed by atoms with van der Waals surface area (Å²) in [6.45, 7) is 0. The van der Waals surface area contributed by atoms with Gasteiger partial charge in [-0.3, -0.25) is 4.79 Å². The lowest BCUT2D eigenvalue weighted by atomic mass is 10.1. The SMILES string of the molecule is NC(=O)c1cccc(-c2nc3cc(N)ccc3s2)c1. The minimum Gasteiger partial charge on any atom is -0.399 e. The van der Waals surface area contributed by atoms with Crippen molar-refractivity contribution in [3.05, 3.63) is 48.0 Å². The molecule has 3 aromatic rings. The number of anilines is 1. The number of nitrogens with zero attached hydrogens (tertiary/aromatic N) is 1. The first-order valence-corrected chi connectivity index (χ1v) is 6.51. The van der Waals surface area contributed by atoms with E-state index in [4.69, 9.17) is 11.5 Å². The van der Waals surface area contributed by atoms with Crippen LogP contribution in [0.3, 0.4) is 0 Å². The van der Waals surface area contributed by atoms with Crippen molar-refractivity contribution >= 4 is 33.1 Å². The van der Waals surface area contributed by atoms with Crippen LogP contribution in [0.4, 0.5) is 5.69 Å². The number of nitrogen functional groups attached to an aromatic ring is 1. The number of hydrogen-bond acceptors (Lipinski definition) is 4. The van der Waals surface area contributed by atoms with Crippen LogP contribution in [-0.4, -0.2) is 10.9 Å². The zero-order valence-corrected chi connectivity index (χ0v) is 10.8. The Morgan fingerprint density at radius 1 is 1.16 bits per heavy atom. The number of primary amides is 1. The number of carbonyl (C=O) groups excluding carboxylic acids is 1. The van der Waals surface area contributed by atoms with Gasteiger partial charge in [0.25, 0.3) is 0 Å². The molecule has 0 aliphatic carbocycles. The van der Waals surface area contributed by atoms with Crippen LogP contribution in [0.15, 0.2) is 42.5 Å². The zero-order valence-electron chi connectivity index (χ0n) is 9.96. The maximum absolute atomic E-state index is 11.2. The van der Waals surface area contributed by atoms with Gasteiger partial charge in [0.1, 0.15) is 5.01 Å². The van der Waals surface area contributed by atoms with Gasteiger partial charge in [-0.2, -0.15) is 0 Å². The lowest BCUT2D eigenvalue weighted by molar-refractivity contribution is 0.100. The number of benzene rings is 2. The first-order chi connectivity index (χ1) is 9.13. The molecule has 1 amide bonds. The highest BCUT2D eigenvalue weighted by Gasteiger charge is 2.08. The average molecular weight is 269 g/mol. The Balaban J connectivity index is 2.13. The largest absolute Gasteiger partial charge is 0.399 e. The predicted molar refractivity (Wildman–Crippen MR) is 78.0 cm³/mol. The highest BCUT2D eigenvalue weighted by atomic mass is 32.1. The van der Waals surface area contributed by atoms with Crippen molar-refractivity contribution in [3.8, 4) is 10.6 Å². The maximum atomic E-state index is 11.2. The number of aromatic nitrogens is 1. The Hall–Kier alpha value is -2.40. The third-order valence-corrected chi connectivity index (χ3v) is 3.89. The van der Waals surface area contributed by atoms with Gasteiger partial charge in [0.05, 0.1) is 10.2 Å². The molecule has 0 bridgehead atoms. The van der Waals surface area contributed by atoms with Crippen molar-refractivity contribution in [3.63, 3.8) is 0 Å². The van der Waals surface area contributed by atoms with Crippen LogP contribution in [0.1, 0.15) is 10.4 Å². The molecule has 0 unspecified atom stereocenters. The topological polar surface area (TPSA) is 82.0 Å². The third-order valence-electron chi connectivity index (χ3n) is 2.81. The van der Waals surface area contributed by atoms with Crippen molar-refractivity contribution in [1.82, 2.24) is 4.98 Å². The number of fused-ring (bicyclic) bond motifs is 1. The van der Waals surface area contributed by atoms with E-state index in [9.17, 15) is 4.79 Å². The summed E-state index contributed by atoms with van der Waals surface area (Å²) >= 11 is 1.56. The quantitative estimate of drug-likeness (QED) is 0.702. The van der Waals surface area contributed by atoms with Crippen molar-refractivity contribution in [2.24, 2.45) is 5.73 Å². The number of carbonyl (C=O) groups is 1. The second kappa shape index (κ2) is 4.37. The van der Waals surface area contributed by atoms with Gasteiger partial charge in [0, 0.05) is 16.8 Å². The summed E-state index contributed by atoms with van der Waals surface area (Å²) in [5, 5.41) is 0.851. The van der Waals surface area contributed by atoms with E-state index >= 15 is 0 Å². The van der Waals surface area contributed by atoms with Gasteiger partial charge in [0.2, 0.25) is 5.91 Å². The zero-order chi connectivity index (χ0) is 13.4. The molecule has 3 rings (SSSR count). The van der Waals surface area contributed by atoms with Gasteiger partial charge in [-0.25, -0.2) is 4.98 Å². The number of hydrogen-bond donors (Lipinski definition) is 2. The van der Waals surface area contributed by atoms with Gasteiger partial charge in [0.15, 0.2) is 0 Å². The summed E-state index contributed by atoms with van der Waals surface area (Å²) in [7, 11) is 0. The smallest absolute Gasteiger partial charge is 0.248 e. The second-order valence-electron chi connectivity index (χ2n) is 4.19. The summed E-state index contributed by atoms with van der Waals surface area (Å²) in [5.74, 6) is -0.438. The summed E-state index contributed by atoms with van der Waals surface area (Å²) < 4.78 is 1.06. The van der Waals surface area contributed by atoms with Crippen LogP contribution in [0.2, 0.25) is 0 Å². The summed E-state index contributed by atoms with van der Waals surface area (Å²) in [5.41, 5.74) is 13.9. The van der Waals surface area contributed by atoms with Crippen LogP contribution >= 0.6 is 11.3 Å². The lowest BCUT2D eigenvalue weighted by Gasteiger charge is -1.98. The number of rotatable bonds is 2. The molecule has 4 nitrogen and oxygen atoms in total. The fourth-order valence-electron chi connectivity index (χ4n) is 1.87. The van der Waals surface area contributed by atoms with E-state index in [1.807, 2.05) is 24.3 Å². The average Bonchev–Trinajstić information content (AvgIpc) is 2.81. The lowest BCUT2D eigenvalue weighted by Crippen LogP contribution is -2.10. The van der Waals surface area contributed by atoms with Crippen LogP contribution in [0, 0.1) is 0 Å². The fraction of sp³-hybridized carbons (Fsp3) is 0. The number of thiazole rings is 1. The Kier molecular flexibility index (Phi) is 2.68. The summed E-state index contributed by atoms with van der Waals surface area (Å²) in [6, 6.07) is 12.8. The molecule has 5 heteroatoms. The first kappa shape index (κ1) is 11.7. The van der Waals surface area contributed by atoms with Crippen LogP contribution < -0.4 is 11.5 Å². The third kappa shape index (κ3) is 2.15. The van der Waals surface area contributed by atoms with Gasteiger partial charge in [-0.05, 0) is 30.3 Å². The first-order valence-electron chi connectivity index (χ1n) is 5.70. The van der Waals surface area contributed by atoms with Gasteiger partial charge in [-0.15, -0.1) is 11.3 Å². The van der Waals surface area contributed by atoms with Crippen molar-refractivity contribution in [2.45, 2.75) is 0 Å². The molecule has 1 aromatic heterocycles.